The number of benzene rings is 2. The fraction of sp³-hybridized carbons (Fsp3) is 0.263. The van der Waals surface area contributed by atoms with Crippen LogP contribution in [0.4, 0.5) is 11.4 Å². The average Bonchev–Trinajstić information content (AvgIpc) is 2.90. The first-order valence-corrected chi connectivity index (χ1v) is 11.0. The molecule has 1 aromatic heterocycles. The topological polar surface area (TPSA) is 84.3 Å². The third-order valence-electron chi connectivity index (χ3n) is 4.14. The van der Waals surface area contributed by atoms with Crippen LogP contribution < -0.4 is 10.2 Å². The van der Waals surface area contributed by atoms with E-state index in [0.717, 1.165) is 11.9 Å². The van der Waals surface area contributed by atoms with E-state index in [4.69, 9.17) is 11.6 Å². The highest BCUT2D eigenvalue weighted by Gasteiger charge is 2.18. The third kappa shape index (κ3) is 4.63. The molecule has 0 aliphatic rings. The van der Waals surface area contributed by atoms with Crippen LogP contribution in [0, 0.1) is 0 Å². The summed E-state index contributed by atoms with van der Waals surface area (Å²) in [6.07, 6.45) is 1.14. The summed E-state index contributed by atoms with van der Waals surface area (Å²) in [4.78, 5) is 19.0. The van der Waals surface area contributed by atoms with Gasteiger partial charge in [-0.15, -0.1) is 0 Å². The lowest BCUT2D eigenvalue weighted by atomic mass is 10.2. The predicted octanol–water partition coefficient (Wildman–Crippen LogP) is 2.94. The standard InChI is InChI=1S/C19H21ClN4O3S/c1-23(2)16-9-8-13(20)10-15(16)22-19(25)11-24-17-7-5-4-6-14(17)21-18(24)12-28(3,26)27/h4-10H,11-12H2,1-3H3,(H,22,25). The van der Waals surface area contributed by atoms with Crippen LogP contribution in [-0.2, 0) is 26.9 Å². The number of hydrogen-bond donors (Lipinski definition) is 1. The number of anilines is 2. The molecule has 3 aromatic rings. The minimum absolute atomic E-state index is 0.0647. The fourth-order valence-corrected chi connectivity index (χ4v) is 3.84. The monoisotopic (exact) mass is 420 g/mol. The summed E-state index contributed by atoms with van der Waals surface area (Å²) in [7, 11) is 0.430. The number of halogens is 1. The molecule has 7 nitrogen and oxygen atoms in total. The van der Waals surface area contributed by atoms with Crippen LogP contribution in [0.3, 0.4) is 0 Å². The van der Waals surface area contributed by atoms with Crippen LogP contribution in [0.25, 0.3) is 11.0 Å². The maximum Gasteiger partial charge on any atom is 0.244 e. The van der Waals surface area contributed by atoms with E-state index in [1.165, 1.54) is 0 Å². The van der Waals surface area contributed by atoms with Crippen LogP contribution in [0.5, 0.6) is 0 Å². The lowest BCUT2D eigenvalue weighted by Gasteiger charge is -2.18. The molecule has 0 atom stereocenters. The van der Waals surface area contributed by atoms with Gasteiger partial charge in [0.1, 0.15) is 18.1 Å². The lowest BCUT2D eigenvalue weighted by Crippen LogP contribution is -2.22. The first kappa shape index (κ1) is 20.2. The molecule has 0 saturated carbocycles. The Labute approximate surface area is 168 Å². The molecule has 2 aromatic carbocycles. The number of amides is 1. The highest BCUT2D eigenvalue weighted by Crippen LogP contribution is 2.28. The molecule has 0 aliphatic carbocycles. The van der Waals surface area contributed by atoms with Crippen molar-refractivity contribution < 1.29 is 13.2 Å². The summed E-state index contributed by atoms with van der Waals surface area (Å²) in [5.41, 5.74) is 2.74. The highest BCUT2D eigenvalue weighted by molar-refractivity contribution is 7.89. The predicted molar refractivity (Wildman–Crippen MR) is 113 cm³/mol. The second-order valence-electron chi connectivity index (χ2n) is 6.78. The Morgan fingerprint density at radius 2 is 1.93 bits per heavy atom. The molecule has 0 unspecified atom stereocenters. The Kier molecular flexibility index (Phi) is 5.62. The van der Waals surface area contributed by atoms with Gasteiger partial charge in [-0.3, -0.25) is 4.79 Å². The number of carbonyl (C=O) groups excluding carboxylic acids is 1. The van der Waals surface area contributed by atoms with Crippen LogP contribution in [0.2, 0.25) is 5.02 Å². The molecule has 0 radical (unpaired) electrons. The number of sulfone groups is 1. The second-order valence-corrected chi connectivity index (χ2v) is 9.35. The van der Waals surface area contributed by atoms with E-state index in [1.807, 2.05) is 43.3 Å². The molecule has 148 valence electrons. The maximum absolute atomic E-state index is 12.8. The molecule has 1 amide bonds. The van der Waals surface area contributed by atoms with Crippen molar-refractivity contribution in [3.8, 4) is 0 Å². The van der Waals surface area contributed by atoms with Crippen LogP contribution in [0.1, 0.15) is 5.82 Å². The molecule has 1 N–H and O–H groups in total. The molecule has 1 heterocycles. The number of para-hydroxylation sites is 2. The largest absolute Gasteiger partial charge is 0.376 e. The van der Waals surface area contributed by atoms with E-state index in [1.54, 1.807) is 22.8 Å². The zero-order chi connectivity index (χ0) is 20.5. The average molecular weight is 421 g/mol. The molecule has 0 bridgehead atoms. The van der Waals surface area contributed by atoms with Gasteiger partial charge in [0.25, 0.3) is 0 Å². The van der Waals surface area contributed by atoms with Gasteiger partial charge in [-0.2, -0.15) is 0 Å². The first-order chi connectivity index (χ1) is 13.1. The molecule has 3 rings (SSSR count). The Balaban J connectivity index is 1.94. The van der Waals surface area contributed by atoms with Crippen molar-refractivity contribution in [2.24, 2.45) is 0 Å². The molecule has 28 heavy (non-hydrogen) atoms. The van der Waals surface area contributed by atoms with Crippen molar-refractivity contribution >= 4 is 49.8 Å². The van der Waals surface area contributed by atoms with E-state index in [9.17, 15) is 13.2 Å². The van der Waals surface area contributed by atoms with Gasteiger partial charge in [0.15, 0.2) is 9.84 Å². The van der Waals surface area contributed by atoms with Gasteiger partial charge in [-0.1, -0.05) is 23.7 Å². The van der Waals surface area contributed by atoms with Crippen LogP contribution in [-0.4, -0.2) is 44.2 Å². The number of nitrogens with zero attached hydrogens (tertiary/aromatic N) is 3. The van der Waals surface area contributed by atoms with E-state index < -0.39 is 9.84 Å². The molecule has 0 spiro atoms. The smallest absolute Gasteiger partial charge is 0.244 e. The number of nitrogens with one attached hydrogen (secondary N) is 1. The molecular weight excluding hydrogens is 400 g/mol. The van der Waals surface area contributed by atoms with Crippen LogP contribution >= 0.6 is 11.6 Å². The number of imidazole rings is 1. The maximum atomic E-state index is 12.8. The highest BCUT2D eigenvalue weighted by atomic mass is 35.5. The lowest BCUT2D eigenvalue weighted by molar-refractivity contribution is -0.116. The quantitative estimate of drug-likeness (QED) is 0.662. The second kappa shape index (κ2) is 7.81. The van der Waals surface area contributed by atoms with Gasteiger partial charge in [0, 0.05) is 25.4 Å². The van der Waals surface area contributed by atoms with Crippen molar-refractivity contribution in [3.05, 3.63) is 53.3 Å². The van der Waals surface area contributed by atoms with Gasteiger partial charge < -0.3 is 14.8 Å². The minimum Gasteiger partial charge on any atom is -0.376 e. The molecular formula is C19H21ClN4O3S. The molecule has 0 fully saturated rings. The van der Waals surface area contributed by atoms with Gasteiger partial charge in [-0.25, -0.2) is 13.4 Å². The Bertz CT molecular complexity index is 1140. The SMILES string of the molecule is CN(C)c1ccc(Cl)cc1NC(=O)Cn1c(CS(C)(=O)=O)nc2ccccc21. The van der Waals surface area contributed by atoms with E-state index in [-0.39, 0.29) is 18.2 Å². The van der Waals surface area contributed by atoms with Crippen molar-refractivity contribution in [1.29, 1.82) is 0 Å². The molecule has 9 heteroatoms. The number of hydrogen-bond acceptors (Lipinski definition) is 5. The summed E-state index contributed by atoms with van der Waals surface area (Å²) in [6.45, 7) is -0.0647. The van der Waals surface area contributed by atoms with Crippen molar-refractivity contribution in [2.75, 3.05) is 30.6 Å². The van der Waals surface area contributed by atoms with Gasteiger partial charge >= 0.3 is 0 Å². The minimum atomic E-state index is -3.30. The summed E-state index contributed by atoms with van der Waals surface area (Å²) >= 11 is 6.07. The van der Waals surface area contributed by atoms with Crippen molar-refractivity contribution in [2.45, 2.75) is 12.3 Å². The Morgan fingerprint density at radius 3 is 2.61 bits per heavy atom. The van der Waals surface area contributed by atoms with E-state index >= 15 is 0 Å². The van der Waals surface area contributed by atoms with Gasteiger partial charge in [0.05, 0.1) is 22.4 Å². The third-order valence-corrected chi connectivity index (χ3v) is 5.16. The summed E-state index contributed by atoms with van der Waals surface area (Å²) in [6, 6.07) is 12.5. The summed E-state index contributed by atoms with van der Waals surface area (Å²) < 4.78 is 25.2. The number of aromatic nitrogens is 2. The van der Waals surface area contributed by atoms with E-state index in [0.29, 0.717) is 27.6 Å². The number of carbonyl (C=O) groups is 1. The Hall–Kier alpha value is -2.58. The number of fused-ring (bicyclic) bond motifs is 1. The zero-order valence-corrected chi connectivity index (χ0v) is 17.4. The normalized spacial score (nSPS) is 11.6. The van der Waals surface area contributed by atoms with Gasteiger partial charge in [-0.05, 0) is 30.3 Å². The zero-order valence-electron chi connectivity index (χ0n) is 15.8. The van der Waals surface area contributed by atoms with Gasteiger partial charge in [0.2, 0.25) is 5.91 Å². The Morgan fingerprint density at radius 1 is 1.21 bits per heavy atom. The van der Waals surface area contributed by atoms with Crippen LogP contribution in [0.15, 0.2) is 42.5 Å². The van der Waals surface area contributed by atoms with Crippen molar-refractivity contribution in [1.82, 2.24) is 9.55 Å². The van der Waals surface area contributed by atoms with Crippen molar-refractivity contribution in [3.63, 3.8) is 0 Å². The fourth-order valence-electron chi connectivity index (χ4n) is 2.98. The molecule has 0 aliphatic heterocycles. The number of rotatable bonds is 6. The summed E-state index contributed by atoms with van der Waals surface area (Å²) in [5, 5.41) is 3.37. The summed E-state index contributed by atoms with van der Waals surface area (Å²) in [5.74, 6) is -0.212. The first-order valence-electron chi connectivity index (χ1n) is 8.52. The molecule has 0 saturated heterocycles. The van der Waals surface area contributed by atoms with E-state index in [2.05, 4.69) is 10.3 Å².